The molecule has 3 N–H and O–H groups in total. The van der Waals surface area contributed by atoms with Crippen molar-refractivity contribution in [2.45, 2.75) is 32.7 Å². The molecule has 3 nitrogen and oxygen atoms in total. The molecule has 0 aliphatic heterocycles. The first-order valence-corrected chi connectivity index (χ1v) is 5.50. The van der Waals surface area contributed by atoms with Gasteiger partial charge in [0.15, 0.2) is 0 Å². The Morgan fingerprint density at radius 2 is 1.93 bits per heavy atom. The van der Waals surface area contributed by atoms with Crippen molar-refractivity contribution in [3.8, 4) is 5.75 Å². The van der Waals surface area contributed by atoms with Gasteiger partial charge >= 0.3 is 0 Å². The van der Waals surface area contributed by atoms with E-state index in [1.165, 1.54) is 5.56 Å². The monoisotopic (exact) mass is 208 g/mol. The van der Waals surface area contributed by atoms with Crippen molar-refractivity contribution in [1.29, 1.82) is 0 Å². The number of benzene rings is 1. The lowest BCUT2D eigenvalue weighted by Gasteiger charge is -2.15. The molecule has 0 aromatic heterocycles. The van der Waals surface area contributed by atoms with Crippen LogP contribution in [0.25, 0.3) is 0 Å². The lowest BCUT2D eigenvalue weighted by molar-refractivity contribution is 0.340. The van der Waals surface area contributed by atoms with Crippen molar-refractivity contribution in [3.05, 3.63) is 29.8 Å². The van der Waals surface area contributed by atoms with Crippen LogP contribution in [0.2, 0.25) is 0 Å². The van der Waals surface area contributed by atoms with E-state index in [0.29, 0.717) is 6.61 Å². The van der Waals surface area contributed by atoms with Gasteiger partial charge in [-0.3, -0.25) is 11.3 Å². The minimum atomic E-state index is 0.241. The lowest BCUT2D eigenvalue weighted by Crippen LogP contribution is -2.27. The average molecular weight is 208 g/mol. The zero-order valence-electron chi connectivity index (χ0n) is 9.49. The van der Waals surface area contributed by atoms with E-state index in [2.05, 4.69) is 24.5 Å². The molecule has 0 heterocycles. The zero-order chi connectivity index (χ0) is 11.1. The Labute approximate surface area is 91.6 Å². The molecule has 0 radical (unpaired) electrons. The van der Waals surface area contributed by atoms with Crippen molar-refractivity contribution in [2.75, 3.05) is 6.61 Å². The summed E-state index contributed by atoms with van der Waals surface area (Å²) in [7, 11) is 0. The fraction of sp³-hybridized carbons (Fsp3) is 0.500. The van der Waals surface area contributed by atoms with Crippen LogP contribution in [0.3, 0.4) is 0 Å². The third-order valence-electron chi connectivity index (χ3n) is 2.37. The Bertz CT molecular complexity index is 271. The van der Waals surface area contributed by atoms with Crippen LogP contribution < -0.4 is 16.0 Å². The first-order chi connectivity index (χ1) is 7.31. The van der Waals surface area contributed by atoms with Crippen LogP contribution in [0, 0.1) is 0 Å². The van der Waals surface area contributed by atoms with E-state index in [1.807, 2.05) is 19.1 Å². The van der Waals surface area contributed by atoms with Crippen LogP contribution in [0.4, 0.5) is 0 Å². The van der Waals surface area contributed by atoms with E-state index >= 15 is 0 Å². The minimum Gasteiger partial charge on any atom is -0.494 e. The summed E-state index contributed by atoms with van der Waals surface area (Å²) < 4.78 is 5.38. The molecule has 0 fully saturated rings. The molecule has 0 amide bonds. The van der Waals surface area contributed by atoms with E-state index in [0.717, 1.165) is 18.6 Å². The molecular formula is C12H20N2O. The quantitative estimate of drug-likeness (QED) is 0.557. The third kappa shape index (κ3) is 3.53. The van der Waals surface area contributed by atoms with E-state index in [1.54, 1.807) is 0 Å². The molecule has 1 aromatic carbocycles. The highest BCUT2D eigenvalue weighted by atomic mass is 16.5. The number of hydrazine groups is 1. The Kier molecular flexibility index (Phi) is 5.15. The summed E-state index contributed by atoms with van der Waals surface area (Å²) in [5, 5.41) is 0. The summed E-state index contributed by atoms with van der Waals surface area (Å²) in [6.07, 6.45) is 2.16. The maximum atomic E-state index is 5.51. The van der Waals surface area contributed by atoms with E-state index < -0.39 is 0 Å². The molecule has 0 bridgehead atoms. The van der Waals surface area contributed by atoms with Gasteiger partial charge in [-0.2, -0.15) is 0 Å². The molecule has 3 heteroatoms. The van der Waals surface area contributed by atoms with E-state index in [4.69, 9.17) is 10.6 Å². The highest BCUT2D eigenvalue weighted by molar-refractivity contribution is 5.29. The largest absolute Gasteiger partial charge is 0.494 e. The van der Waals surface area contributed by atoms with Crippen molar-refractivity contribution in [2.24, 2.45) is 5.84 Å². The molecule has 0 spiro atoms. The van der Waals surface area contributed by atoms with Gasteiger partial charge in [0.05, 0.1) is 6.61 Å². The predicted octanol–water partition coefficient (Wildman–Crippen LogP) is 2.39. The van der Waals surface area contributed by atoms with Crippen LogP contribution in [0.1, 0.15) is 38.3 Å². The molecule has 0 aliphatic rings. The number of nitrogens with one attached hydrogen (secondary N) is 1. The Balaban J connectivity index is 2.68. The van der Waals surface area contributed by atoms with Gasteiger partial charge in [-0.25, -0.2) is 0 Å². The molecule has 1 rings (SSSR count). The zero-order valence-corrected chi connectivity index (χ0v) is 9.49. The summed E-state index contributed by atoms with van der Waals surface area (Å²) in [4.78, 5) is 0. The van der Waals surface area contributed by atoms with Crippen LogP contribution >= 0.6 is 0 Å². The van der Waals surface area contributed by atoms with Gasteiger partial charge in [-0.1, -0.05) is 25.5 Å². The maximum absolute atomic E-state index is 5.51. The highest BCUT2D eigenvalue weighted by Crippen LogP contribution is 2.20. The average Bonchev–Trinajstić information content (AvgIpc) is 2.28. The van der Waals surface area contributed by atoms with Crippen LogP contribution in [0.5, 0.6) is 5.75 Å². The summed E-state index contributed by atoms with van der Waals surface area (Å²) in [6.45, 7) is 4.83. The van der Waals surface area contributed by atoms with Gasteiger partial charge in [-0.15, -0.1) is 0 Å². The van der Waals surface area contributed by atoms with Crippen molar-refractivity contribution in [1.82, 2.24) is 5.43 Å². The topological polar surface area (TPSA) is 47.3 Å². The number of nitrogens with two attached hydrogens (primary N) is 1. The molecule has 0 aliphatic carbocycles. The van der Waals surface area contributed by atoms with Crippen molar-refractivity contribution >= 4 is 0 Å². The van der Waals surface area contributed by atoms with Gasteiger partial charge in [0.2, 0.25) is 0 Å². The maximum Gasteiger partial charge on any atom is 0.119 e. The van der Waals surface area contributed by atoms with Crippen molar-refractivity contribution in [3.63, 3.8) is 0 Å². The smallest absolute Gasteiger partial charge is 0.119 e. The van der Waals surface area contributed by atoms with E-state index in [-0.39, 0.29) is 6.04 Å². The fourth-order valence-electron chi connectivity index (χ4n) is 1.60. The predicted molar refractivity (Wildman–Crippen MR) is 62.6 cm³/mol. The fourth-order valence-corrected chi connectivity index (χ4v) is 1.60. The van der Waals surface area contributed by atoms with Crippen LogP contribution in [-0.4, -0.2) is 6.61 Å². The summed E-state index contributed by atoms with van der Waals surface area (Å²) in [6, 6.07) is 8.33. The summed E-state index contributed by atoms with van der Waals surface area (Å²) in [5.41, 5.74) is 4.04. The second kappa shape index (κ2) is 6.43. The molecular weight excluding hydrogens is 188 g/mol. The van der Waals surface area contributed by atoms with E-state index in [9.17, 15) is 0 Å². The van der Waals surface area contributed by atoms with Crippen LogP contribution in [0.15, 0.2) is 24.3 Å². The molecule has 0 saturated heterocycles. The first kappa shape index (κ1) is 12.0. The Morgan fingerprint density at radius 3 is 2.40 bits per heavy atom. The molecule has 15 heavy (non-hydrogen) atoms. The summed E-state index contributed by atoms with van der Waals surface area (Å²) in [5.74, 6) is 6.42. The highest BCUT2D eigenvalue weighted by Gasteiger charge is 2.07. The Morgan fingerprint density at radius 1 is 1.27 bits per heavy atom. The molecule has 1 unspecified atom stereocenters. The lowest BCUT2D eigenvalue weighted by atomic mass is 10.0. The second-order valence-electron chi connectivity index (χ2n) is 3.51. The molecule has 84 valence electrons. The second-order valence-corrected chi connectivity index (χ2v) is 3.51. The normalized spacial score (nSPS) is 12.5. The molecule has 1 atom stereocenters. The van der Waals surface area contributed by atoms with Gasteiger partial charge in [-0.05, 0) is 31.0 Å². The van der Waals surface area contributed by atoms with Gasteiger partial charge in [0.1, 0.15) is 5.75 Å². The van der Waals surface area contributed by atoms with Gasteiger partial charge < -0.3 is 4.74 Å². The number of hydrogen-bond donors (Lipinski definition) is 2. The van der Waals surface area contributed by atoms with Gasteiger partial charge in [0, 0.05) is 6.04 Å². The third-order valence-corrected chi connectivity index (χ3v) is 2.37. The van der Waals surface area contributed by atoms with Crippen molar-refractivity contribution < 1.29 is 4.74 Å². The SMILES string of the molecule is CCCC(NN)c1ccc(OCC)cc1. The molecule has 1 aromatic rings. The van der Waals surface area contributed by atoms with Gasteiger partial charge in [0.25, 0.3) is 0 Å². The first-order valence-electron chi connectivity index (χ1n) is 5.50. The minimum absolute atomic E-state index is 0.241. The standard InChI is InChI=1S/C12H20N2O/c1-3-5-12(14-13)10-6-8-11(9-7-10)15-4-2/h6-9,12,14H,3-5,13H2,1-2H3. The Hall–Kier alpha value is -1.06. The van der Waals surface area contributed by atoms with Crippen LogP contribution in [-0.2, 0) is 0 Å². The summed E-state index contributed by atoms with van der Waals surface area (Å²) >= 11 is 0. The number of hydrogen-bond acceptors (Lipinski definition) is 3. The molecule has 0 saturated carbocycles. The number of rotatable bonds is 6. The number of ether oxygens (including phenoxy) is 1.